The third-order valence-electron chi connectivity index (χ3n) is 4.07. The first-order valence-corrected chi connectivity index (χ1v) is 8.47. The molecule has 2 rings (SSSR count). The Balaban J connectivity index is 1.89. The van der Waals surface area contributed by atoms with E-state index in [-0.39, 0.29) is 18.4 Å². The predicted octanol–water partition coefficient (Wildman–Crippen LogP) is 1.45. The number of halogens is 1. The van der Waals surface area contributed by atoms with Crippen molar-refractivity contribution in [3.05, 3.63) is 28.8 Å². The van der Waals surface area contributed by atoms with E-state index in [4.69, 9.17) is 16.3 Å². The molecule has 2 amide bonds. The van der Waals surface area contributed by atoms with Crippen molar-refractivity contribution in [2.75, 3.05) is 50.8 Å². The van der Waals surface area contributed by atoms with E-state index < -0.39 is 0 Å². The standard InChI is InChI=1S/C17H24ClN3O3/c1-13-15(18)4-3-5-16(13)21(14(2)22)12-17(23)19-6-7-20-8-10-24-11-9-20/h3-5H,6-12H2,1-2H3,(H,19,23). The van der Waals surface area contributed by atoms with Crippen LogP contribution in [-0.2, 0) is 14.3 Å². The largest absolute Gasteiger partial charge is 0.379 e. The minimum atomic E-state index is -0.191. The van der Waals surface area contributed by atoms with Gasteiger partial charge in [-0.2, -0.15) is 0 Å². The molecule has 132 valence electrons. The highest BCUT2D eigenvalue weighted by Gasteiger charge is 2.18. The van der Waals surface area contributed by atoms with Crippen molar-refractivity contribution in [3.8, 4) is 0 Å². The summed E-state index contributed by atoms with van der Waals surface area (Å²) in [6, 6.07) is 5.33. The van der Waals surface area contributed by atoms with Gasteiger partial charge in [-0.15, -0.1) is 0 Å². The van der Waals surface area contributed by atoms with Crippen LogP contribution in [0.15, 0.2) is 18.2 Å². The quantitative estimate of drug-likeness (QED) is 0.841. The number of carbonyl (C=O) groups excluding carboxylic acids is 2. The summed E-state index contributed by atoms with van der Waals surface area (Å²) in [5, 5.41) is 3.45. The van der Waals surface area contributed by atoms with E-state index >= 15 is 0 Å². The normalized spacial score (nSPS) is 15.1. The van der Waals surface area contributed by atoms with Gasteiger partial charge in [-0.3, -0.25) is 14.5 Å². The van der Waals surface area contributed by atoms with Gasteiger partial charge in [0, 0.05) is 43.8 Å². The van der Waals surface area contributed by atoms with Gasteiger partial charge in [0.25, 0.3) is 0 Å². The maximum absolute atomic E-state index is 12.2. The Morgan fingerprint density at radius 2 is 2.04 bits per heavy atom. The molecule has 0 aliphatic carbocycles. The lowest BCUT2D eigenvalue weighted by Crippen LogP contribution is -2.44. The van der Waals surface area contributed by atoms with Crippen LogP contribution in [0.5, 0.6) is 0 Å². The van der Waals surface area contributed by atoms with Crippen molar-refractivity contribution < 1.29 is 14.3 Å². The van der Waals surface area contributed by atoms with Crippen LogP contribution in [0.4, 0.5) is 5.69 Å². The number of carbonyl (C=O) groups is 2. The fourth-order valence-electron chi connectivity index (χ4n) is 2.63. The van der Waals surface area contributed by atoms with Crippen molar-refractivity contribution in [2.45, 2.75) is 13.8 Å². The number of benzene rings is 1. The zero-order valence-corrected chi connectivity index (χ0v) is 14.9. The van der Waals surface area contributed by atoms with E-state index in [1.165, 1.54) is 11.8 Å². The van der Waals surface area contributed by atoms with Crippen LogP contribution in [0.25, 0.3) is 0 Å². The molecule has 1 aliphatic heterocycles. The van der Waals surface area contributed by atoms with Crippen LogP contribution in [0.3, 0.4) is 0 Å². The fourth-order valence-corrected chi connectivity index (χ4v) is 2.80. The number of amides is 2. The van der Waals surface area contributed by atoms with E-state index in [0.29, 0.717) is 17.3 Å². The van der Waals surface area contributed by atoms with Crippen LogP contribution in [0, 0.1) is 6.92 Å². The van der Waals surface area contributed by atoms with Crippen LogP contribution < -0.4 is 10.2 Å². The Hall–Kier alpha value is -1.63. The molecule has 7 heteroatoms. The molecule has 1 saturated heterocycles. The lowest BCUT2D eigenvalue weighted by atomic mass is 10.1. The monoisotopic (exact) mass is 353 g/mol. The van der Waals surface area contributed by atoms with Gasteiger partial charge in [0.15, 0.2) is 0 Å². The maximum atomic E-state index is 12.2. The topological polar surface area (TPSA) is 61.9 Å². The molecule has 1 N–H and O–H groups in total. The average Bonchev–Trinajstić information content (AvgIpc) is 2.56. The van der Waals surface area contributed by atoms with Crippen molar-refractivity contribution in [3.63, 3.8) is 0 Å². The number of morpholine rings is 1. The average molecular weight is 354 g/mol. The molecular weight excluding hydrogens is 330 g/mol. The summed E-state index contributed by atoms with van der Waals surface area (Å²) >= 11 is 6.11. The molecule has 24 heavy (non-hydrogen) atoms. The minimum Gasteiger partial charge on any atom is -0.379 e. The van der Waals surface area contributed by atoms with Gasteiger partial charge in [0.05, 0.1) is 13.2 Å². The van der Waals surface area contributed by atoms with E-state index in [1.54, 1.807) is 18.2 Å². The van der Waals surface area contributed by atoms with Gasteiger partial charge in [0.1, 0.15) is 6.54 Å². The van der Waals surface area contributed by atoms with Gasteiger partial charge in [-0.05, 0) is 24.6 Å². The zero-order chi connectivity index (χ0) is 17.5. The molecule has 0 unspecified atom stereocenters. The lowest BCUT2D eigenvalue weighted by molar-refractivity contribution is -0.123. The van der Waals surface area contributed by atoms with Gasteiger partial charge in [-0.25, -0.2) is 0 Å². The Morgan fingerprint density at radius 3 is 2.71 bits per heavy atom. The Kier molecular flexibility index (Phi) is 7.02. The number of hydrogen-bond acceptors (Lipinski definition) is 4. The summed E-state index contributed by atoms with van der Waals surface area (Å²) < 4.78 is 5.29. The van der Waals surface area contributed by atoms with Crippen molar-refractivity contribution in [1.82, 2.24) is 10.2 Å². The summed E-state index contributed by atoms with van der Waals surface area (Å²) in [7, 11) is 0. The van der Waals surface area contributed by atoms with Gasteiger partial charge in [-0.1, -0.05) is 17.7 Å². The highest BCUT2D eigenvalue weighted by Crippen LogP contribution is 2.26. The van der Waals surface area contributed by atoms with Crippen molar-refractivity contribution in [1.29, 1.82) is 0 Å². The highest BCUT2D eigenvalue weighted by atomic mass is 35.5. The zero-order valence-electron chi connectivity index (χ0n) is 14.2. The molecule has 0 spiro atoms. The second kappa shape index (κ2) is 9.01. The Labute approximate surface area is 147 Å². The molecule has 1 aliphatic rings. The second-order valence-corrected chi connectivity index (χ2v) is 6.20. The summed E-state index contributed by atoms with van der Waals surface area (Å²) in [5.74, 6) is -0.374. The molecule has 0 atom stereocenters. The first kappa shape index (κ1) is 18.7. The number of anilines is 1. The first-order valence-electron chi connectivity index (χ1n) is 8.09. The van der Waals surface area contributed by atoms with Crippen LogP contribution in [0.2, 0.25) is 5.02 Å². The minimum absolute atomic E-state index is 0.0143. The summed E-state index contributed by atoms with van der Waals surface area (Å²) in [4.78, 5) is 27.8. The second-order valence-electron chi connectivity index (χ2n) is 5.79. The highest BCUT2D eigenvalue weighted by molar-refractivity contribution is 6.31. The van der Waals surface area contributed by atoms with Crippen LogP contribution >= 0.6 is 11.6 Å². The molecule has 0 bridgehead atoms. The molecule has 0 saturated carbocycles. The van der Waals surface area contributed by atoms with Crippen molar-refractivity contribution in [2.24, 2.45) is 0 Å². The van der Waals surface area contributed by atoms with Gasteiger partial charge >= 0.3 is 0 Å². The number of nitrogens with zero attached hydrogens (tertiary/aromatic N) is 2. The summed E-state index contributed by atoms with van der Waals surface area (Å²) in [6.45, 7) is 7.85. The number of rotatable bonds is 6. The Bertz CT molecular complexity index is 588. The summed E-state index contributed by atoms with van der Waals surface area (Å²) in [6.07, 6.45) is 0. The molecular formula is C17H24ClN3O3. The fraction of sp³-hybridized carbons (Fsp3) is 0.529. The molecule has 6 nitrogen and oxygen atoms in total. The smallest absolute Gasteiger partial charge is 0.240 e. The van der Waals surface area contributed by atoms with Crippen molar-refractivity contribution >= 4 is 29.1 Å². The van der Waals surface area contributed by atoms with Gasteiger partial charge < -0.3 is 15.0 Å². The molecule has 0 aromatic heterocycles. The van der Waals surface area contributed by atoms with Gasteiger partial charge in [0.2, 0.25) is 11.8 Å². The van der Waals surface area contributed by atoms with E-state index in [0.717, 1.165) is 38.4 Å². The van der Waals surface area contributed by atoms with E-state index in [2.05, 4.69) is 10.2 Å². The third kappa shape index (κ3) is 5.19. The van der Waals surface area contributed by atoms with Crippen LogP contribution in [0.1, 0.15) is 12.5 Å². The molecule has 1 fully saturated rings. The molecule has 1 aromatic carbocycles. The number of ether oxygens (including phenoxy) is 1. The Morgan fingerprint density at radius 1 is 1.33 bits per heavy atom. The molecule has 1 aromatic rings. The third-order valence-corrected chi connectivity index (χ3v) is 4.48. The van der Waals surface area contributed by atoms with E-state index in [9.17, 15) is 9.59 Å². The molecule has 1 heterocycles. The number of nitrogens with one attached hydrogen (secondary N) is 1. The summed E-state index contributed by atoms with van der Waals surface area (Å²) in [5.41, 5.74) is 1.45. The van der Waals surface area contributed by atoms with Crippen LogP contribution in [-0.4, -0.2) is 62.7 Å². The maximum Gasteiger partial charge on any atom is 0.240 e. The lowest BCUT2D eigenvalue weighted by Gasteiger charge is -2.27. The molecule has 0 radical (unpaired) electrons. The number of hydrogen-bond donors (Lipinski definition) is 1. The predicted molar refractivity (Wildman–Crippen MR) is 94.5 cm³/mol. The van der Waals surface area contributed by atoms with E-state index in [1.807, 2.05) is 6.92 Å². The first-order chi connectivity index (χ1) is 11.5. The SMILES string of the molecule is CC(=O)N(CC(=O)NCCN1CCOCC1)c1cccc(Cl)c1C.